The third-order valence-electron chi connectivity index (χ3n) is 4.89. The van der Waals surface area contributed by atoms with Gasteiger partial charge in [-0.1, -0.05) is 66.7 Å². The third kappa shape index (κ3) is 4.51. The zero-order chi connectivity index (χ0) is 21.6. The molecule has 0 fully saturated rings. The number of ether oxygens (including phenoxy) is 1. The number of carbonyl (C=O) groups is 2. The number of carbonyl (C=O) groups excluding carboxylic acids is 2. The first-order valence-corrected chi connectivity index (χ1v) is 9.81. The van der Waals surface area contributed by atoms with Crippen molar-refractivity contribution in [2.75, 3.05) is 0 Å². The van der Waals surface area contributed by atoms with Gasteiger partial charge in [0.15, 0.2) is 0 Å². The molecule has 0 unspecified atom stereocenters. The zero-order valence-corrected chi connectivity index (χ0v) is 16.9. The van der Waals surface area contributed by atoms with E-state index in [-0.39, 0.29) is 5.91 Å². The number of hydrazone groups is 1. The van der Waals surface area contributed by atoms with Crippen LogP contribution in [0.3, 0.4) is 0 Å². The summed E-state index contributed by atoms with van der Waals surface area (Å²) in [6.07, 6.45) is 1.51. The second-order valence-electron chi connectivity index (χ2n) is 6.97. The van der Waals surface area contributed by atoms with Crippen molar-refractivity contribution in [3.8, 4) is 5.75 Å². The van der Waals surface area contributed by atoms with Crippen molar-refractivity contribution in [3.05, 3.63) is 113 Å². The van der Waals surface area contributed by atoms with Gasteiger partial charge in [-0.2, -0.15) is 5.10 Å². The van der Waals surface area contributed by atoms with Crippen LogP contribution in [0, 0.1) is 6.92 Å². The summed E-state index contributed by atoms with van der Waals surface area (Å²) in [6, 6.07) is 27.4. The van der Waals surface area contributed by atoms with Gasteiger partial charge in [0.25, 0.3) is 5.91 Å². The fourth-order valence-corrected chi connectivity index (χ4v) is 3.27. The average Bonchev–Trinajstić information content (AvgIpc) is 2.81. The van der Waals surface area contributed by atoms with Gasteiger partial charge in [-0.05, 0) is 47.5 Å². The highest BCUT2D eigenvalue weighted by molar-refractivity contribution is 6.04. The number of aryl methyl sites for hydroxylation is 1. The highest BCUT2D eigenvalue weighted by atomic mass is 16.5. The summed E-state index contributed by atoms with van der Waals surface area (Å²) in [7, 11) is 0. The lowest BCUT2D eigenvalue weighted by atomic mass is 10.0. The minimum absolute atomic E-state index is 0.308. The lowest BCUT2D eigenvalue weighted by Gasteiger charge is -2.10. The molecule has 4 aromatic rings. The number of benzene rings is 4. The van der Waals surface area contributed by atoms with Gasteiger partial charge in [0, 0.05) is 11.1 Å². The first-order chi connectivity index (χ1) is 15.1. The summed E-state index contributed by atoms with van der Waals surface area (Å²) in [5.41, 5.74) is 5.02. The quantitative estimate of drug-likeness (QED) is 0.215. The van der Waals surface area contributed by atoms with Crippen molar-refractivity contribution in [2.24, 2.45) is 5.10 Å². The molecule has 0 aliphatic carbocycles. The lowest BCUT2D eigenvalue weighted by molar-refractivity contribution is 0.0734. The molecule has 1 N–H and O–H groups in total. The molecule has 0 aliphatic rings. The fourth-order valence-electron chi connectivity index (χ4n) is 3.27. The average molecular weight is 408 g/mol. The van der Waals surface area contributed by atoms with Crippen LogP contribution in [0.5, 0.6) is 5.75 Å². The summed E-state index contributed by atoms with van der Waals surface area (Å²) in [5, 5.41) is 5.96. The van der Waals surface area contributed by atoms with Crippen LogP contribution in [-0.4, -0.2) is 18.1 Å². The van der Waals surface area contributed by atoms with Crippen molar-refractivity contribution in [1.29, 1.82) is 0 Å². The molecule has 152 valence electrons. The van der Waals surface area contributed by atoms with E-state index in [0.717, 1.165) is 16.3 Å². The molecule has 0 heterocycles. The minimum Gasteiger partial charge on any atom is -0.422 e. The smallest absolute Gasteiger partial charge is 0.343 e. The third-order valence-corrected chi connectivity index (χ3v) is 4.89. The van der Waals surface area contributed by atoms with Crippen LogP contribution in [0.15, 0.2) is 96.1 Å². The number of hydrogen-bond donors (Lipinski definition) is 1. The Morgan fingerprint density at radius 1 is 0.839 bits per heavy atom. The fraction of sp³-hybridized carbons (Fsp3) is 0.0385. The van der Waals surface area contributed by atoms with E-state index in [1.54, 1.807) is 42.5 Å². The van der Waals surface area contributed by atoms with Gasteiger partial charge < -0.3 is 4.74 Å². The molecule has 5 heteroatoms. The standard InChI is InChI=1S/C26H20N2O3/c1-18-9-5-7-13-21(18)25(29)28-27-17-23-22-14-8-6-10-19(22)15-16-24(23)31-26(30)20-11-3-2-4-12-20/h2-17H,1H3,(H,28,29)/b27-17-. The second-order valence-corrected chi connectivity index (χ2v) is 6.97. The summed E-state index contributed by atoms with van der Waals surface area (Å²) in [5.74, 6) is -0.409. The van der Waals surface area contributed by atoms with E-state index in [9.17, 15) is 9.59 Å². The molecule has 0 radical (unpaired) electrons. The number of rotatable bonds is 5. The number of amides is 1. The molecule has 0 saturated heterocycles. The molecule has 0 atom stereocenters. The molecule has 4 aromatic carbocycles. The van der Waals surface area contributed by atoms with E-state index in [1.165, 1.54) is 6.21 Å². The molecule has 1 amide bonds. The zero-order valence-electron chi connectivity index (χ0n) is 16.9. The van der Waals surface area contributed by atoms with E-state index in [1.807, 2.05) is 55.5 Å². The van der Waals surface area contributed by atoms with Crippen LogP contribution >= 0.6 is 0 Å². The lowest BCUT2D eigenvalue weighted by Crippen LogP contribution is -2.18. The Bertz CT molecular complexity index is 1280. The molecule has 0 bridgehead atoms. The van der Waals surface area contributed by atoms with Crippen molar-refractivity contribution < 1.29 is 14.3 Å². The van der Waals surface area contributed by atoms with E-state index in [2.05, 4.69) is 10.5 Å². The Labute approximate surface area is 180 Å². The van der Waals surface area contributed by atoms with E-state index in [4.69, 9.17) is 4.74 Å². The van der Waals surface area contributed by atoms with Crippen LogP contribution in [0.4, 0.5) is 0 Å². The van der Waals surface area contributed by atoms with Crippen LogP contribution in [0.2, 0.25) is 0 Å². The van der Waals surface area contributed by atoms with Gasteiger partial charge in [-0.3, -0.25) is 4.79 Å². The first kappa shape index (κ1) is 20.0. The maximum Gasteiger partial charge on any atom is 0.343 e. The van der Waals surface area contributed by atoms with Crippen molar-refractivity contribution in [3.63, 3.8) is 0 Å². The van der Waals surface area contributed by atoms with Crippen molar-refractivity contribution >= 4 is 28.9 Å². The summed E-state index contributed by atoms with van der Waals surface area (Å²) >= 11 is 0. The number of hydrogen-bond acceptors (Lipinski definition) is 4. The highest BCUT2D eigenvalue weighted by Crippen LogP contribution is 2.27. The first-order valence-electron chi connectivity index (χ1n) is 9.81. The van der Waals surface area contributed by atoms with Gasteiger partial charge in [0.2, 0.25) is 0 Å². The SMILES string of the molecule is Cc1ccccc1C(=O)N/N=C\c1c(OC(=O)c2ccccc2)ccc2ccccc12. The predicted octanol–water partition coefficient (Wildman–Crippen LogP) is 5.13. The summed E-state index contributed by atoms with van der Waals surface area (Å²) < 4.78 is 5.66. The Morgan fingerprint density at radius 3 is 2.35 bits per heavy atom. The van der Waals surface area contributed by atoms with Crippen molar-refractivity contribution in [2.45, 2.75) is 6.92 Å². The molecule has 0 aromatic heterocycles. The number of nitrogens with zero attached hydrogens (tertiary/aromatic N) is 1. The Morgan fingerprint density at radius 2 is 1.55 bits per heavy atom. The van der Waals surface area contributed by atoms with Gasteiger partial charge in [0.1, 0.15) is 5.75 Å². The molecular formula is C26H20N2O3. The largest absolute Gasteiger partial charge is 0.422 e. The van der Waals surface area contributed by atoms with E-state index in [0.29, 0.717) is 22.4 Å². The minimum atomic E-state index is -0.463. The summed E-state index contributed by atoms with van der Waals surface area (Å²) in [6.45, 7) is 1.87. The normalized spacial score (nSPS) is 10.9. The molecule has 4 rings (SSSR count). The maximum absolute atomic E-state index is 12.6. The van der Waals surface area contributed by atoms with Crippen molar-refractivity contribution in [1.82, 2.24) is 5.43 Å². The number of nitrogens with one attached hydrogen (secondary N) is 1. The molecule has 0 saturated carbocycles. The monoisotopic (exact) mass is 408 g/mol. The topological polar surface area (TPSA) is 67.8 Å². The van der Waals surface area contributed by atoms with Gasteiger partial charge in [0.05, 0.1) is 11.8 Å². The molecule has 31 heavy (non-hydrogen) atoms. The number of esters is 1. The Kier molecular flexibility index (Phi) is 5.85. The van der Waals surface area contributed by atoms with Crippen LogP contribution in [-0.2, 0) is 0 Å². The van der Waals surface area contributed by atoms with Crippen LogP contribution < -0.4 is 10.2 Å². The molecule has 0 spiro atoms. The maximum atomic E-state index is 12.6. The Balaban J connectivity index is 1.64. The molecule has 5 nitrogen and oxygen atoms in total. The molecular weight excluding hydrogens is 388 g/mol. The van der Waals surface area contributed by atoms with Crippen LogP contribution in [0.1, 0.15) is 31.8 Å². The predicted molar refractivity (Wildman–Crippen MR) is 122 cm³/mol. The summed E-state index contributed by atoms with van der Waals surface area (Å²) in [4.78, 5) is 25.0. The van der Waals surface area contributed by atoms with Crippen LogP contribution in [0.25, 0.3) is 10.8 Å². The Hall–Kier alpha value is -4.25. The van der Waals surface area contributed by atoms with E-state index < -0.39 is 5.97 Å². The van der Waals surface area contributed by atoms with Gasteiger partial charge in [-0.15, -0.1) is 0 Å². The van der Waals surface area contributed by atoms with E-state index >= 15 is 0 Å². The molecule has 0 aliphatic heterocycles. The highest BCUT2D eigenvalue weighted by Gasteiger charge is 2.13. The number of fused-ring (bicyclic) bond motifs is 1. The van der Waals surface area contributed by atoms with Gasteiger partial charge >= 0.3 is 5.97 Å². The second kappa shape index (κ2) is 9.05. The van der Waals surface area contributed by atoms with Gasteiger partial charge in [-0.25, -0.2) is 10.2 Å².